The molecule has 4 aromatic rings. The number of Topliss-reactive ketones (excluding diaryl/α,β-unsaturated/α-hetero) is 2. The Hall–Kier alpha value is -5.52. The molecule has 0 spiro atoms. The Bertz CT molecular complexity index is 2270. The number of phenolic OH excluding ortho intramolecular Hbond substituents is 1. The molecule has 0 saturated heterocycles. The number of aromatic hydroxyl groups is 1. The van der Waals surface area contributed by atoms with E-state index >= 15 is 0 Å². The van der Waals surface area contributed by atoms with Crippen molar-refractivity contribution in [3.63, 3.8) is 0 Å². The first-order chi connectivity index (χ1) is 29.2. The molecule has 4 atom stereocenters. The lowest BCUT2D eigenvalue weighted by atomic mass is 9.46. The molecule has 2 aromatic carbocycles. The number of carbonyl (C=O) groups excluding carboxylic acids is 4. The Morgan fingerprint density at radius 2 is 1.08 bits per heavy atom. The number of hydrogen-bond acceptors (Lipinski definition) is 10. The predicted molar refractivity (Wildman–Crippen MR) is 227 cm³/mol. The highest BCUT2D eigenvalue weighted by Gasteiger charge is 2.60. The van der Waals surface area contributed by atoms with Gasteiger partial charge in [-0.1, -0.05) is 12.1 Å². The minimum absolute atomic E-state index is 0.0474. The fraction of sp³-hybridized carbons (Fsp3) is 0.510. The summed E-state index contributed by atoms with van der Waals surface area (Å²) >= 11 is 0. The Morgan fingerprint density at radius 3 is 1.51 bits per heavy atom. The number of hydrogen-bond donors (Lipinski definition) is 3. The third-order valence-electron chi connectivity index (χ3n) is 14.7. The number of benzene rings is 2. The minimum atomic E-state index is -0.259. The average molecular weight is 825 g/mol. The molecule has 3 N–H and O–H groups in total. The molecule has 0 radical (unpaired) electrons. The second-order valence-electron chi connectivity index (χ2n) is 20.0. The van der Waals surface area contributed by atoms with Crippen LogP contribution >= 0.6 is 0 Å². The highest BCUT2D eigenvalue weighted by atomic mass is 16.5. The van der Waals surface area contributed by atoms with E-state index in [9.17, 15) is 24.3 Å². The number of carbonyl (C=O) groups is 4. The summed E-state index contributed by atoms with van der Waals surface area (Å²) in [5.74, 6) is 2.96. The minimum Gasteiger partial charge on any atom is -0.508 e. The van der Waals surface area contributed by atoms with Crippen LogP contribution in [-0.2, 0) is 0 Å². The normalized spacial score (nSPS) is 31.1. The van der Waals surface area contributed by atoms with Crippen molar-refractivity contribution in [1.82, 2.24) is 30.6 Å². The molecule has 2 aromatic heterocycles. The van der Waals surface area contributed by atoms with Crippen LogP contribution in [0.25, 0.3) is 0 Å². The molecule has 0 aliphatic heterocycles. The van der Waals surface area contributed by atoms with Crippen LogP contribution < -0.4 is 15.4 Å². The third kappa shape index (κ3) is 8.55. The van der Waals surface area contributed by atoms with Gasteiger partial charge in [-0.3, -0.25) is 29.1 Å². The monoisotopic (exact) mass is 824 g/mol. The van der Waals surface area contributed by atoms with Crippen LogP contribution in [0.15, 0.2) is 73.3 Å². The highest BCUT2D eigenvalue weighted by molar-refractivity contribution is 5.97. The lowest BCUT2D eigenvalue weighted by molar-refractivity contribution is -0.0776. The van der Waals surface area contributed by atoms with Gasteiger partial charge in [0, 0.05) is 47.4 Å². The largest absolute Gasteiger partial charge is 0.508 e. The van der Waals surface area contributed by atoms with Crippen LogP contribution in [0.3, 0.4) is 0 Å². The molecule has 2 amide bonds. The van der Waals surface area contributed by atoms with Gasteiger partial charge >= 0.3 is 0 Å². The number of ketones is 2. The van der Waals surface area contributed by atoms with Crippen LogP contribution in [0.2, 0.25) is 0 Å². The molecule has 61 heavy (non-hydrogen) atoms. The lowest BCUT2D eigenvalue weighted by Crippen LogP contribution is -2.63. The summed E-state index contributed by atoms with van der Waals surface area (Å²) in [7, 11) is 1.61. The van der Waals surface area contributed by atoms with Crippen molar-refractivity contribution in [3.8, 4) is 11.5 Å². The van der Waals surface area contributed by atoms with Crippen LogP contribution in [-0.4, -0.2) is 66.6 Å². The van der Waals surface area contributed by atoms with Crippen molar-refractivity contribution >= 4 is 23.4 Å². The summed E-state index contributed by atoms with van der Waals surface area (Å²) in [6.07, 6.45) is 19.8. The van der Waals surface area contributed by atoms with Crippen LogP contribution in [0, 0.1) is 48.3 Å². The molecule has 12 nitrogen and oxygen atoms in total. The summed E-state index contributed by atoms with van der Waals surface area (Å²) in [5.41, 5.74) is 2.93. The second kappa shape index (κ2) is 15.7. The molecule has 8 aliphatic rings. The van der Waals surface area contributed by atoms with Crippen molar-refractivity contribution < 1.29 is 29.0 Å². The number of nitrogens with one attached hydrogen (secondary N) is 2. The summed E-state index contributed by atoms with van der Waals surface area (Å²) in [4.78, 5) is 69.3. The maximum absolute atomic E-state index is 13.1. The van der Waals surface area contributed by atoms with Crippen LogP contribution in [0.4, 0.5) is 0 Å². The smallest absolute Gasteiger partial charge is 0.251 e. The molecule has 8 fully saturated rings. The topological polar surface area (TPSA) is 173 Å². The maximum atomic E-state index is 13.1. The number of amides is 2. The van der Waals surface area contributed by atoms with E-state index in [2.05, 4.69) is 30.6 Å². The first-order valence-electron chi connectivity index (χ1n) is 21.9. The molecule has 8 saturated carbocycles. The third-order valence-corrected chi connectivity index (χ3v) is 14.7. The molecule has 318 valence electrons. The Kier molecular flexibility index (Phi) is 10.5. The first-order valence-corrected chi connectivity index (χ1v) is 21.9. The van der Waals surface area contributed by atoms with Gasteiger partial charge in [0.05, 0.1) is 30.9 Å². The summed E-state index contributed by atoms with van der Waals surface area (Å²) in [6, 6.07) is 13.8. The van der Waals surface area contributed by atoms with Crippen LogP contribution in [0.1, 0.15) is 143 Å². The Balaban J connectivity index is 0.000000156. The number of aryl methyl sites for hydroxylation is 2. The van der Waals surface area contributed by atoms with E-state index in [1.54, 1.807) is 56.2 Å². The molecule has 2 heterocycles. The standard InChI is InChI=1S/C25H29N3O3.C24H27N3O3/c1-16-13-26-14-21(27-16)22(29)12-24-8-17-6-18(9-24)11-25(10-17,15-24)28-23(30)19-4-3-5-20(7-19)31-2;1-15-12-25-13-20(26-15)21(29)11-23-7-16-5-17(8-23)10-24(9-16,14-23)27-22(30)18-3-2-4-19(28)6-18/h3-5,7,13-14,17-18H,6,8-12,15H2,1-2H3,(H,28,30);2-4,6,12-13,16-17,28H,5,7-11,14H2,1H3,(H,27,30). The molecular formula is C49H56N6O6. The van der Waals surface area contributed by atoms with Crippen molar-refractivity contribution in [1.29, 1.82) is 0 Å². The number of aromatic nitrogens is 4. The van der Waals surface area contributed by atoms with Crippen molar-refractivity contribution in [2.24, 2.45) is 34.5 Å². The highest BCUT2D eigenvalue weighted by Crippen LogP contribution is 2.64. The van der Waals surface area contributed by atoms with Gasteiger partial charge in [0.15, 0.2) is 11.6 Å². The molecule has 8 aliphatic carbocycles. The SMILES string of the molecule is COc1cccc(C(=O)NC23CC4CC(CC(CC(=O)c5cncc(C)n5)(C4)C2)C3)c1.Cc1cncc(C(=O)CC23CC4CC(C2)CC(NC(=O)c2cccc(O)c2)(C4)C3)n1. The van der Waals surface area contributed by atoms with Gasteiger partial charge in [0.25, 0.3) is 11.8 Å². The van der Waals surface area contributed by atoms with E-state index in [-0.39, 0.29) is 51.0 Å². The maximum Gasteiger partial charge on any atom is 0.251 e. The number of methoxy groups -OCH3 is 1. The number of phenols is 1. The molecule has 12 rings (SSSR count). The van der Waals surface area contributed by atoms with Crippen molar-refractivity contribution in [2.75, 3.05) is 7.11 Å². The zero-order valence-electron chi connectivity index (χ0n) is 35.4. The van der Waals surface area contributed by atoms with Gasteiger partial charge in [-0.05, 0) is 162 Å². The molecule has 8 bridgehead atoms. The van der Waals surface area contributed by atoms with Gasteiger partial charge in [0.1, 0.15) is 22.9 Å². The van der Waals surface area contributed by atoms with Crippen LogP contribution in [0.5, 0.6) is 11.5 Å². The zero-order valence-corrected chi connectivity index (χ0v) is 35.4. The number of rotatable bonds is 11. The lowest BCUT2D eigenvalue weighted by Gasteiger charge is -2.62. The van der Waals surface area contributed by atoms with Gasteiger partial charge in [-0.25, -0.2) is 9.97 Å². The van der Waals surface area contributed by atoms with Crippen molar-refractivity contribution in [3.05, 3.63) is 107 Å². The Labute approximate surface area is 357 Å². The molecule has 12 heteroatoms. The van der Waals surface area contributed by atoms with E-state index in [4.69, 9.17) is 4.74 Å². The average Bonchev–Trinajstić information content (AvgIpc) is 3.19. The molecule has 4 unspecified atom stereocenters. The number of ether oxygens (including phenoxy) is 1. The molecular weight excluding hydrogens is 769 g/mol. The summed E-state index contributed by atoms with van der Waals surface area (Å²) in [5, 5.41) is 16.5. The number of nitrogens with zero attached hydrogens (tertiary/aromatic N) is 4. The van der Waals surface area contributed by atoms with Gasteiger partial charge in [-0.2, -0.15) is 0 Å². The quantitative estimate of drug-likeness (QED) is 0.126. The predicted octanol–water partition coefficient (Wildman–Crippen LogP) is 7.97. The van der Waals surface area contributed by atoms with E-state index in [0.29, 0.717) is 64.8 Å². The fourth-order valence-corrected chi connectivity index (χ4v) is 13.7. The Morgan fingerprint density at radius 1 is 0.639 bits per heavy atom. The van der Waals surface area contributed by atoms with E-state index in [1.165, 1.54) is 18.9 Å². The summed E-state index contributed by atoms with van der Waals surface area (Å²) < 4.78 is 5.28. The first kappa shape index (κ1) is 40.9. The van der Waals surface area contributed by atoms with Crippen molar-refractivity contribution in [2.45, 2.75) is 115 Å². The fourth-order valence-electron chi connectivity index (χ4n) is 13.7. The van der Waals surface area contributed by atoms with E-state index < -0.39 is 0 Å². The van der Waals surface area contributed by atoms with Gasteiger partial charge in [0.2, 0.25) is 0 Å². The zero-order chi connectivity index (χ0) is 42.6. The van der Waals surface area contributed by atoms with Gasteiger partial charge < -0.3 is 20.5 Å². The van der Waals surface area contributed by atoms with E-state index in [0.717, 1.165) is 75.6 Å². The van der Waals surface area contributed by atoms with Gasteiger partial charge in [-0.15, -0.1) is 0 Å². The summed E-state index contributed by atoms with van der Waals surface area (Å²) in [6.45, 7) is 3.71. The second-order valence-corrected chi connectivity index (χ2v) is 20.0. The van der Waals surface area contributed by atoms with E-state index in [1.807, 2.05) is 32.0 Å².